The van der Waals surface area contributed by atoms with Gasteiger partial charge in [-0.05, 0) is 18.8 Å². The Labute approximate surface area is 181 Å². The van der Waals surface area contributed by atoms with E-state index in [1.54, 1.807) is 0 Å². The van der Waals surface area contributed by atoms with Gasteiger partial charge in [-0.15, -0.1) is 0 Å². The van der Waals surface area contributed by atoms with Gasteiger partial charge in [0.2, 0.25) is 5.91 Å². The lowest BCUT2D eigenvalue weighted by Gasteiger charge is -2.31. The van der Waals surface area contributed by atoms with Crippen molar-refractivity contribution in [1.29, 1.82) is 0 Å². The fourth-order valence-corrected chi connectivity index (χ4v) is 4.19. The van der Waals surface area contributed by atoms with Crippen molar-refractivity contribution in [1.82, 2.24) is 10.6 Å². The first-order valence-electron chi connectivity index (χ1n) is 12.7. The summed E-state index contributed by atoms with van der Waals surface area (Å²) in [5, 5.41) is 6.53. The fourth-order valence-electron chi connectivity index (χ4n) is 4.19. The molecule has 172 valence electrons. The smallest absolute Gasteiger partial charge is 0.220 e. The summed E-state index contributed by atoms with van der Waals surface area (Å²) >= 11 is 0. The monoisotopic (exact) mass is 410 g/mol. The van der Waals surface area contributed by atoms with Crippen LogP contribution in [-0.2, 0) is 9.53 Å². The highest BCUT2D eigenvalue weighted by atomic mass is 16.5. The first-order valence-corrected chi connectivity index (χ1v) is 12.7. The van der Waals surface area contributed by atoms with Crippen LogP contribution in [0.3, 0.4) is 0 Å². The molecule has 0 radical (unpaired) electrons. The number of carbonyl (C=O) groups excluding carboxylic acids is 1. The van der Waals surface area contributed by atoms with Crippen LogP contribution in [0.5, 0.6) is 0 Å². The minimum atomic E-state index is 0.123. The molecule has 0 unspecified atom stereocenters. The van der Waals surface area contributed by atoms with Crippen molar-refractivity contribution < 1.29 is 9.53 Å². The molecule has 0 aromatic heterocycles. The number of ether oxygens (including phenoxy) is 1. The molecule has 4 heteroatoms. The molecular weight excluding hydrogens is 360 g/mol. The number of hydrogen-bond acceptors (Lipinski definition) is 3. The molecule has 1 heterocycles. The second-order valence-electron chi connectivity index (χ2n) is 9.37. The van der Waals surface area contributed by atoms with Crippen LogP contribution in [-0.4, -0.2) is 37.7 Å². The molecule has 0 aliphatic carbocycles. The number of amides is 1. The van der Waals surface area contributed by atoms with Crippen LogP contribution in [0.2, 0.25) is 0 Å². The summed E-state index contributed by atoms with van der Waals surface area (Å²) in [6.07, 6.45) is 19.2. The molecule has 2 atom stereocenters. The Morgan fingerprint density at radius 1 is 0.931 bits per heavy atom. The summed E-state index contributed by atoms with van der Waals surface area (Å²) in [5.41, 5.74) is 0. The Bertz CT molecular complexity index is 381. The largest absolute Gasteiger partial charge is 0.373 e. The van der Waals surface area contributed by atoms with E-state index in [2.05, 4.69) is 31.4 Å². The van der Waals surface area contributed by atoms with Gasteiger partial charge in [0.15, 0.2) is 0 Å². The Kier molecular flexibility index (Phi) is 16.6. The molecule has 0 aromatic carbocycles. The standard InChI is InChI=1S/C25H50N2O2/c1-4-23(24-21-26-19-20-29-24)27-25(28)18-16-14-12-10-8-6-5-7-9-11-13-15-17-22(2)3/h22-24,26H,4-21H2,1-3H3,(H,27,28)/t23-,24+/m0/s1. The number of rotatable bonds is 18. The molecule has 0 aromatic rings. The molecule has 0 bridgehead atoms. The lowest BCUT2D eigenvalue weighted by Crippen LogP contribution is -2.51. The quantitative estimate of drug-likeness (QED) is 0.273. The summed E-state index contributed by atoms with van der Waals surface area (Å²) in [6, 6.07) is 0.144. The summed E-state index contributed by atoms with van der Waals surface area (Å²) in [4.78, 5) is 12.2. The van der Waals surface area contributed by atoms with Crippen molar-refractivity contribution in [2.24, 2.45) is 5.92 Å². The van der Waals surface area contributed by atoms with Gasteiger partial charge >= 0.3 is 0 Å². The molecule has 29 heavy (non-hydrogen) atoms. The summed E-state index contributed by atoms with van der Waals surface area (Å²) < 4.78 is 5.79. The van der Waals surface area contributed by atoms with Gasteiger partial charge < -0.3 is 15.4 Å². The molecule has 1 fully saturated rings. The van der Waals surface area contributed by atoms with E-state index in [9.17, 15) is 4.79 Å². The van der Waals surface area contributed by atoms with E-state index in [1.807, 2.05) is 0 Å². The van der Waals surface area contributed by atoms with Crippen molar-refractivity contribution in [2.75, 3.05) is 19.7 Å². The normalized spacial score (nSPS) is 18.1. The van der Waals surface area contributed by atoms with Gasteiger partial charge in [-0.25, -0.2) is 0 Å². The highest BCUT2D eigenvalue weighted by Gasteiger charge is 2.24. The van der Waals surface area contributed by atoms with Gasteiger partial charge in [0.25, 0.3) is 0 Å². The van der Waals surface area contributed by atoms with Crippen LogP contribution < -0.4 is 10.6 Å². The molecule has 1 aliphatic rings. The zero-order valence-electron chi connectivity index (χ0n) is 19.8. The molecular formula is C25H50N2O2. The van der Waals surface area contributed by atoms with E-state index in [1.165, 1.54) is 77.0 Å². The Hall–Kier alpha value is -0.610. The third kappa shape index (κ3) is 14.9. The van der Waals surface area contributed by atoms with Crippen molar-refractivity contribution in [3.8, 4) is 0 Å². The van der Waals surface area contributed by atoms with E-state index in [0.29, 0.717) is 6.42 Å². The molecule has 1 aliphatic heterocycles. The van der Waals surface area contributed by atoms with Gasteiger partial charge in [0, 0.05) is 19.5 Å². The lowest BCUT2D eigenvalue weighted by molar-refractivity contribution is -0.123. The van der Waals surface area contributed by atoms with Crippen molar-refractivity contribution in [3.63, 3.8) is 0 Å². The van der Waals surface area contributed by atoms with Crippen LogP contribution in [0.4, 0.5) is 0 Å². The summed E-state index contributed by atoms with van der Waals surface area (Å²) in [5.74, 6) is 1.06. The van der Waals surface area contributed by atoms with E-state index in [4.69, 9.17) is 4.74 Å². The fraction of sp³-hybridized carbons (Fsp3) is 0.960. The highest BCUT2D eigenvalue weighted by molar-refractivity contribution is 5.76. The topological polar surface area (TPSA) is 50.4 Å². The molecule has 1 saturated heterocycles. The van der Waals surface area contributed by atoms with Crippen LogP contribution in [0.1, 0.15) is 117 Å². The van der Waals surface area contributed by atoms with Gasteiger partial charge in [0.05, 0.1) is 18.8 Å². The Morgan fingerprint density at radius 2 is 1.48 bits per heavy atom. The maximum atomic E-state index is 12.2. The zero-order chi connectivity index (χ0) is 21.2. The van der Waals surface area contributed by atoms with Gasteiger partial charge in [-0.3, -0.25) is 4.79 Å². The Balaban J connectivity index is 1.85. The lowest BCUT2D eigenvalue weighted by atomic mass is 10.0. The Morgan fingerprint density at radius 3 is 1.97 bits per heavy atom. The number of morpholine rings is 1. The van der Waals surface area contributed by atoms with Crippen molar-refractivity contribution in [3.05, 3.63) is 0 Å². The molecule has 1 amide bonds. The van der Waals surface area contributed by atoms with Crippen LogP contribution in [0.15, 0.2) is 0 Å². The second-order valence-corrected chi connectivity index (χ2v) is 9.37. The minimum Gasteiger partial charge on any atom is -0.373 e. The van der Waals surface area contributed by atoms with Crippen LogP contribution >= 0.6 is 0 Å². The van der Waals surface area contributed by atoms with Crippen LogP contribution in [0, 0.1) is 5.92 Å². The van der Waals surface area contributed by atoms with E-state index in [0.717, 1.165) is 38.5 Å². The van der Waals surface area contributed by atoms with Gasteiger partial charge in [-0.1, -0.05) is 97.8 Å². The van der Waals surface area contributed by atoms with Crippen LogP contribution in [0.25, 0.3) is 0 Å². The van der Waals surface area contributed by atoms with Crippen molar-refractivity contribution in [2.45, 2.75) is 129 Å². The third-order valence-corrected chi connectivity index (χ3v) is 6.13. The second kappa shape index (κ2) is 18.2. The number of hydrogen-bond donors (Lipinski definition) is 2. The highest BCUT2D eigenvalue weighted by Crippen LogP contribution is 2.14. The average Bonchev–Trinajstić information content (AvgIpc) is 2.72. The van der Waals surface area contributed by atoms with E-state index < -0.39 is 0 Å². The predicted octanol–water partition coefficient (Wildman–Crippen LogP) is 5.99. The number of carbonyl (C=O) groups is 1. The van der Waals surface area contributed by atoms with E-state index >= 15 is 0 Å². The first-order chi connectivity index (χ1) is 14.1. The number of unbranched alkanes of at least 4 members (excludes halogenated alkanes) is 11. The molecule has 1 rings (SSSR count). The van der Waals surface area contributed by atoms with E-state index in [-0.39, 0.29) is 18.1 Å². The molecule has 0 saturated carbocycles. The predicted molar refractivity (Wildman–Crippen MR) is 124 cm³/mol. The van der Waals surface area contributed by atoms with Crippen molar-refractivity contribution >= 4 is 5.91 Å². The molecule has 2 N–H and O–H groups in total. The number of nitrogens with one attached hydrogen (secondary N) is 2. The SMILES string of the molecule is CC[C@H](NC(=O)CCCCCCCCCCCCCCC(C)C)[C@H]1CNCCO1. The summed E-state index contributed by atoms with van der Waals surface area (Å²) in [6.45, 7) is 9.27. The third-order valence-electron chi connectivity index (χ3n) is 6.13. The maximum Gasteiger partial charge on any atom is 0.220 e. The minimum absolute atomic E-state index is 0.123. The molecule has 0 spiro atoms. The van der Waals surface area contributed by atoms with Gasteiger partial charge in [-0.2, -0.15) is 0 Å². The van der Waals surface area contributed by atoms with Gasteiger partial charge in [0.1, 0.15) is 0 Å². The summed E-state index contributed by atoms with van der Waals surface area (Å²) in [7, 11) is 0. The first kappa shape index (κ1) is 26.4. The maximum absolute atomic E-state index is 12.2. The molecule has 4 nitrogen and oxygen atoms in total. The average molecular weight is 411 g/mol. The zero-order valence-corrected chi connectivity index (χ0v) is 19.8.